The second kappa shape index (κ2) is 2.43. The van der Waals surface area contributed by atoms with Gasteiger partial charge in [0.05, 0.1) is 11.7 Å². The number of aryl methyl sites for hydroxylation is 1. The molecule has 1 heterocycles. The average molecular weight is 137 g/mol. The summed E-state index contributed by atoms with van der Waals surface area (Å²) in [5.74, 6) is -1.29. The smallest absolute Gasteiger partial charge is 0.107 e. The van der Waals surface area contributed by atoms with Crippen LogP contribution in [-0.4, -0.2) is 15.9 Å². The molecule has 0 amide bonds. The highest BCUT2D eigenvalue weighted by Gasteiger charge is 1.97. The molecule has 52 valence electrons. The van der Waals surface area contributed by atoms with E-state index in [1.54, 1.807) is 6.92 Å². The van der Waals surface area contributed by atoms with Crippen LogP contribution in [0.2, 0.25) is 0 Å². The summed E-state index contributed by atoms with van der Waals surface area (Å²) in [4.78, 5) is 17.5. The van der Waals surface area contributed by atoms with E-state index in [9.17, 15) is 9.90 Å². The number of aromatic nitrogens is 2. The number of carboxylic acid groups (broad SMARTS) is 1. The standard InChI is InChI=1S/C6H6N2O2/c1-4-5(6(9)10)8-3-2-7-4/h2-3H,1H3,(H,9,10)/p-1. The number of nitrogens with zero attached hydrogens (tertiary/aromatic N) is 2. The van der Waals surface area contributed by atoms with Crippen molar-refractivity contribution in [3.63, 3.8) is 0 Å². The summed E-state index contributed by atoms with van der Waals surface area (Å²) in [5, 5.41) is 10.2. The van der Waals surface area contributed by atoms with E-state index in [0.717, 1.165) is 0 Å². The maximum atomic E-state index is 10.2. The minimum absolute atomic E-state index is 0.0949. The lowest BCUT2D eigenvalue weighted by Crippen LogP contribution is -2.24. The van der Waals surface area contributed by atoms with Gasteiger partial charge in [0.15, 0.2) is 0 Å². The molecule has 4 heteroatoms. The van der Waals surface area contributed by atoms with E-state index < -0.39 is 5.97 Å². The number of carbonyl (C=O) groups excluding carboxylic acids is 1. The Bertz CT molecular complexity index is 260. The van der Waals surface area contributed by atoms with Gasteiger partial charge in [-0.05, 0) is 6.92 Å². The first kappa shape index (κ1) is 6.67. The van der Waals surface area contributed by atoms with Gasteiger partial charge >= 0.3 is 0 Å². The van der Waals surface area contributed by atoms with E-state index in [2.05, 4.69) is 9.97 Å². The van der Waals surface area contributed by atoms with Gasteiger partial charge < -0.3 is 9.90 Å². The van der Waals surface area contributed by atoms with Crippen molar-refractivity contribution in [3.05, 3.63) is 23.8 Å². The quantitative estimate of drug-likeness (QED) is 0.505. The number of aromatic carboxylic acids is 1. The van der Waals surface area contributed by atoms with Crippen molar-refractivity contribution in [3.8, 4) is 0 Å². The third kappa shape index (κ3) is 1.10. The van der Waals surface area contributed by atoms with E-state index in [1.165, 1.54) is 12.4 Å². The summed E-state index contributed by atoms with van der Waals surface area (Å²) < 4.78 is 0. The molecule has 0 unspecified atom stereocenters. The molecule has 0 N–H and O–H groups in total. The number of carboxylic acids is 1. The molecule has 0 spiro atoms. The van der Waals surface area contributed by atoms with Crippen LogP contribution in [0.15, 0.2) is 12.4 Å². The Morgan fingerprint density at radius 1 is 1.50 bits per heavy atom. The molecule has 0 fully saturated rings. The van der Waals surface area contributed by atoms with Crippen LogP contribution in [0.25, 0.3) is 0 Å². The van der Waals surface area contributed by atoms with Crippen molar-refractivity contribution in [2.24, 2.45) is 0 Å². The number of carbonyl (C=O) groups is 1. The molecule has 0 aliphatic carbocycles. The number of rotatable bonds is 1. The van der Waals surface area contributed by atoms with Gasteiger partial charge in [0, 0.05) is 12.4 Å². The highest BCUT2D eigenvalue weighted by molar-refractivity contribution is 5.84. The van der Waals surface area contributed by atoms with Crippen LogP contribution in [0.1, 0.15) is 16.2 Å². The molecule has 1 aromatic heterocycles. The Morgan fingerprint density at radius 2 is 2.10 bits per heavy atom. The Kier molecular flexibility index (Phi) is 1.62. The van der Waals surface area contributed by atoms with Crippen LogP contribution in [0.3, 0.4) is 0 Å². The monoisotopic (exact) mass is 137 g/mol. The molecule has 1 aromatic rings. The molecular weight excluding hydrogens is 132 g/mol. The molecular formula is C6H5N2O2-. The molecule has 0 aliphatic rings. The van der Waals surface area contributed by atoms with Gasteiger partial charge in [-0.3, -0.25) is 9.97 Å². The third-order valence-corrected chi connectivity index (χ3v) is 1.07. The van der Waals surface area contributed by atoms with E-state index in [-0.39, 0.29) is 5.69 Å². The Labute approximate surface area is 57.6 Å². The second-order valence-electron chi connectivity index (χ2n) is 1.78. The van der Waals surface area contributed by atoms with Crippen molar-refractivity contribution in [1.29, 1.82) is 0 Å². The molecule has 0 saturated carbocycles. The van der Waals surface area contributed by atoms with E-state index >= 15 is 0 Å². The Morgan fingerprint density at radius 3 is 2.50 bits per heavy atom. The second-order valence-corrected chi connectivity index (χ2v) is 1.78. The SMILES string of the molecule is Cc1nccnc1C(=O)[O-]. The maximum absolute atomic E-state index is 10.2. The predicted molar refractivity (Wildman–Crippen MR) is 31.1 cm³/mol. The Balaban J connectivity index is 3.15. The number of hydrogen-bond donors (Lipinski definition) is 0. The molecule has 1 rings (SSSR count). The van der Waals surface area contributed by atoms with Crippen LogP contribution < -0.4 is 5.11 Å². The first-order valence-electron chi connectivity index (χ1n) is 2.71. The highest BCUT2D eigenvalue weighted by Crippen LogP contribution is 1.95. The van der Waals surface area contributed by atoms with Gasteiger partial charge in [-0.2, -0.15) is 0 Å². The van der Waals surface area contributed by atoms with E-state index in [1.807, 2.05) is 0 Å². The summed E-state index contributed by atoms with van der Waals surface area (Å²) in [7, 11) is 0. The molecule has 0 aliphatic heterocycles. The lowest BCUT2D eigenvalue weighted by Gasteiger charge is -2.01. The van der Waals surface area contributed by atoms with Crippen LogP contribution in [0.5, 0.6) is 0 Å². The topological polar surface area (TPSA) is 65.9 Å². The van der Waals surface area contributed by atoms with Crippen molar-refractivity contribution < 1.29 is 9.90 Å². The summed E-state index contributed by atoms with van der Waals surface area (Å²) in [6, 6.07) is 0. The molecule has 0 radical (unpaired) electrons. The average Bonchev–Trinajstić information content (AvgIpc) is 1.88. The van der Waals surface area contributed by atoms with E-state index in [4.69, 9.17) is 0 Å². The minimum atomic E-state index is -1.29. The van der Waals surface area contributed by atoms with Gasteiger partial charge in [0.2, 0.25) is 0 Å². The van der Waals surface area contributed by atoms with Gasteiger partial charge in [-0.1, -0.05) is 0 Å². The zero-order chi connectivity index (χ0) is 7.56. The Hall–Kier alpha value is -1.45. The molecule has 0 saturated heterocycles. The van der Waals surface area contributed by atoms with Crippen molar-refractivity contribution in [1.82, 2.24) is 9.97 Å². The lowest BCUT2D eigenvalue weighted by molar-refractivity contribution is -0.255. The van der Waals surface area contributed by atoms with Crippen LogP contribution in [0, 0.1) is 6.92 Å². The largest absolute Gasteiger partial charge is 0.543 e. The fourth-order valence-electron chi connectivity index (χ4n) is 0.608. The summed E-state index contributed by atoms with van der Waals surface area (Å²) >= 11 is 0. The van der Waals surface area contributed by atoms with Crippen LogP contribution in [-0.2, 0) is 0 Å². The predicted octanol–water partition coefficient (Wildman–Crippen LogP) is -0.851. The third-order valence-electron chi connectivity index (χ3n) is 1.07. The summed E-state index contributed by atoms with van der Waals surface area (Å²) in [6.45, 7) is 1.57. The molecule has 10 heavy (non-hydrogen) atoms. The summed E-state index contributed by atoms with van der Waals surface area (Å²) in [5.41, 5.74) is 0.282. The zero-order valence-corrected chi connectivity index (χ0v) is 5.37. The van der Waals surface area contributed by atoms with Crippen molar-refractivity contribution >= 4 is 5.97 Å². The maximum Gasteiger partial charge on any atom is 0.107 e. The summed E-state index contributed by atoms with van der Waals surface area (Å²) in [6.07, 6.45) is 2.75. The first-order valence-corrected chi connectivity index (χ1v) is 2.71. The molecule has 0 atom stereocenters. The van der Waals surface area contributed by atoms with Crippen LogP contribution in [0.4, 0.5) is 0 Å². The van der Waals surface area contributed by atoms with Gasteiger partial charge in [-0.25, -0.2) is 0 Å². The van der Waals surface area contributed by atoms with Crippen molar-refractivity contribution in [2.45, 2.75) is 6.92 Å². The molecule has 4 nitrogen and oxygen atoms in total. The zero-order valence-electron chi connectivity index (χ0n) is 5.37. The molecule has 0 aromatic carbocycles. The normalized spacial score (nSPS) is 9.30. The number of hydrogen-bond acceptors (Lipinski definition) is 4. The van der Waals surface area contributed by atoms with Gasteiger partial charge in [-0.15, -0.1) is 0 Å². The first-order chi connectivity index (χ1) is 4.72. The fraction of sp³-hybridized carbons (Fsp3) is 0.167. The lowest BCUT2D eigenvalue weighted by atomic mass is 10.3. The van der Waals surface area contributed by atoms with Crippen molar-refractivity contribution in [2.75, 3.05) is 0 Å². The minimum Gasteiger partial charge on any atom is -0.543 e. The molecule has 0 bridgehead atoms. The van der Waals surface area contributed by atoms with Gasteiger partial charge in [0.25, 0.3) is 0 Å². The van der Waals surface area contributed by atoms with E-state index in [0.29, 0.717) is 5.69 Å². The van der Waals surface area contributed by atoms with Gasteiger partial charge in [0.1, 0.15) is 5.69 Å². The fourth-order valence-corrected chi connectivity index (χ4v) is 0.608. The van der Waals surface area contributed by atoms with Crippen LogP contribution >= 0.6 is 0 Å². The highest BCUT2D eigenvalue weighted by atomic mass is 16.4.